The summed E-state index contributed by atoms with van der Waals surface area (Å²) in [5.74, 6) is -0.397. The van der Waals surface area contributed by atoms with E-state index in [1.807, 2.05) is 6.92 Å². The molecule has 1 aromatic carbocycles. The standard InChI is InChI=1S/C21H24N4O3S/c1-14-3-5-16(6-4-14)18(24-7-9-28-10-8-24)12-22-19(26)17-11-23-21-25(20(17)27)13-15(2)29-21/h3-6,11,13,18H,7-10,12H2,1-2H3,(H,22,26). The number of carbonyl (C=O) groups excluding carboxylic acids is 1. The molecule has 1 N–H and O–H groups in total. The fourth-order valence-electron chi connectivity index (χ4n) is 3.57. The molecule has 4 rings (SSSR count). The van der Waals surface area contributed by atoms with Crippen LogP contribution >= 0.6 is 11.3 Å². The maximum atomic E-state index is 12.8. The van der Waals surface area contributed by atoms with Crippen LogP contribution in [0.2, 0.25) is 0 Å². The van der Waals surface area contributed by atoms with Crippen molar-refractivity contribution in [2.75, 3.05) is 32.8 Å². The van der Waals surface area contributed by atoms with Crippen LogP contribution in [0, 0.1) is 13.8 Å². The van der Waals surface area contributed by atoms with Gasteiger partial charge in [-0.25, -0.2) is 4.98 Å². The van der Waals surface area contributed by atoms with E-state index in [2.05, 4.69) is 46.4 Å². The third-order valence-corrected chi connectivity index (χ3v) is 6.08. The lowest BCUT2D eigenvalue weighted by atomic mass is 10.0. The lowest BCUT2D eigenvalue weighted by molar-refractivity contribution is 0.0162. The molecule has 0 radical (unpaired) electrons. The number of ether oxygens (including phenoxy) is 1. The van der Waals surface area contributed by atoms with E-state index in [0.717, 1.165) is 23.5 Å². The average Bonchev–Trinajstić information content (AvgIpc) is 3.12. The molecular formula is C21H24N4O3S. The van der Waals surface area contributed by atoms with Gasteiger partial charge in [-0.2, -0.15) is 0 Å². The van der Waals surface area contributed by atoms with Gasteiger partial charge in [-0.1, -0.05) is 29.8 Å². The highest BCUT2D eigenvalue weighted by molar-refractivity contribution is 7.16. The van der Waals surface area contributed by atoms with Gasteiger partial charge >= 0.3 is 0 Å². The molecule has 152 valence electrons. The second-order valence-electron chi connectivity index (χ2n) is 7.26. The smallest absolute Gasteiger partial charge is 0.271 e. The number of aromatic nitrogens is 2. The Balaban J connectivity index is 1.55. The molecule has 1 aliphatic rings. The minimum absolute atomic E-state index is 0.0197. The van der Waals surface area contributed by atoms with Crippen LogP contribution in [-0.2, 0) is 4.74 Å². The molecule has 0 aliphatic carbocycles. The zero-order valence-corrected chi connectivity index (χ0v) is 17.4. The number of hydrogen-bond donors (Lipinski definition) is 1. The average molecular weight is 413 g/mol. The summed E-state index contributed by atoms with van der Waals surface area (Å²) in [6.45, 7) is 7.33. The topological polar surface area (TPSA) is 75.9 Å². The van der Waals surface area contributed by atoms with Gasteiger partial charge in [0.25, 0.3) is 11.5 Å². The number of carbonyl (C=O) groups is 1. The van der Waals surface area contributed by atoms with Crippen LogP contribution in [0.25, 0.3) is 4.96 Å². The summed E-state index contributed by atoms with van der Waals surface area (Å²) in [7, 11) is 0. The Morgan fingerprint density at radius 2 is 1.97 bits per heavy atom. The summed E-state index contributed by atoms with van der Waals surface area (Å²) < 4.78 is 6.92. The highest BCUT2D eigenvalue weighted by atomic mass is 32.1. The van der Waals surface area contributed by atoms with Gasteiger partial charge in [0.15, 0.2) is 4.96 Å². The molecule has 1 saturated heterocycles. The summed E-state index contributed by atoms with van der Waals surface area (Å²) in [6, 6.07) is 8.36. The second-order valence-corrected chi connectivity index (χ2v) is 8.47. The minimum Gasteiger partial charge on any atom is -0.379 e. The molecule has 0 saturated carbocycles. The Hall–Kier alpha value is -2.55. The number of rotatable bonds is 5. The Morgan fingerprint density at radius 1 is 1.24 bits per heavy atom. The van der Waals surface area contributed by atoms with E-state index >= 15 is 0 Å². The van der Waals surface area contributed by atoms with Gasteiger partial charge in [-0.05, 0) is 19.4 Å². The van der Waals surface area contributed by atoms with Crippen LogP contribution in [0.4, 0.5) is 0 Å². The fraction of sp³-hybridized carbons (Fsp3) is 0.381. The van der Waals surface area contributed by atoms with Gasteiger partial charge in [0, 0.05) is 36.9 Å². The van der Waals surface area contributed by atoms with E-state index < -0.39 is 5.91 Å². The van der Waals surface area contributed by atoms with E-state index in [9.17, 15) is 9.59 Å². The lowest BCUT2D eigenvalue weighted by Crippen LogP contribution is -2.44. The van der Waals surface area contributed by atoms with E-state index in [0.29, 0.717) is 24.7 Å². The van der Waals surface area contributed by atoms with E-state index in [-0.39, 0.29) is 17.2 Å². The van der Waals surface area contributed by atoms with Crippen molar-refractivity contribution in [2.45, 2.75) is 19.9 Å². The zero-order valence-electron chi connectivity index (χ0n) is 16.6. The first-order chi connectivity index (χ1) is 14.0. The summed E-state index contributed by atoms with van der Waals surface area (Å²) in [6.07, 6.45) is 3.09. The molecule has 0 bridgehead atoms. The molecule has 8 heteroatoms. The normalized spacial score (nSPS) is 16.1. The van der Waals surface area contributed by atoms with Gasteiger partial charge in [0.2, 0.25) is 0 Å². The molecule has 29 heavy (non-hydrogen) atoms. The monoisotopic (exact) mass is 412 g/mol. The van der Waals surface area contributed by atoms with Gasteiger partial charge in [-0.3, -0.25) is 18.9 Å². The third kappa shape index (κ3) is 4.24. The first-order valence-electron chi connectivity index (χ1n) is 9.67. The van der Waals surface area contributed by atoms with Gasteiger partial charge in [0.05, 0.1) is 19.3 Å². The second kappa shape index (κ2) is 8.44. The summed E-state index contributed by atoms with van der Waals surface area (Å²) >= 11 is 1.42. The Labute approximate surface area is 173 Å². The van der Waals surface area contributed by atoms with Crippen molar-refractivity contribution in [2.24, 2.45) is 0 Å². The highest BCUT2D eigenvalue weighted by Crippen LogP contribution is 2.22. The largest absolute Gasteiger partial charge is 0.379 e. The number of amides is 1. The van der Waals surface area contributed by atoms with Crippen LogP contribution in [0.3, 0.4) is 0 Å². The molecule has 1 atom stereocenters. The molecule has 7 nitrogen and oxygen atoms in total. The molecule has 3 heterocycles. The molecule has 1 unspecified atom stereocenters. The molecule has 0 spiro atoms. The highest BCUT2D eigenvalue weighted by Gasteiger charge is 2.24. The first kappa shape index (κ1) is 19.8. The van der Waals surface area contributed by atoms with Crippen LogP contribution in [0.5, 0.6) is 0 Å². The van der Waals surface area contributed by atoms with Crippen LogP contribution < -0.4 is 10.9 Å². The van der Waals surface area contributed by atoms with Crippen molar-refractivity contribution in [3.63, 3.8) is 0 Å². The van der Waals surface area contributed by atoms with Crippen molar-refractivity contribution in [1.82, 2.24) is 19.6 Å². The molecule has 3 aromatic rings. The lowest BCUT2D eigenvalue weighted by Gasteiger charge is -2.35. The summed E-state index contributed by atoms with van der Waals surface area (Å²) in [5.41, 5.74) is 2.05. The molecule has 2 aromatic heterocycles. The minimum atomic E-state index is -0.397. The fourth-order valence-corrected chi connectivity index (χ4v) is 4.36. The number of morpholine rings is 1. The van der Waals surface area contributed by atoms with Gasteiger partial charge < -0.3 is 10.1 Å². The molecule has 1 fully saturated rings. The van der Waals surface area contributed by atoms with Gasteiger partial charge in [-0.15, -0.1) is 11.3 Å². The number of nitrogens with one attached hydrogen (secondary N) is 1. The first-order valence-corrected chi connectivity index (χ1v) is 10.5. The molecule has 1 amide bonds. The Morgan fingerprint density at radius 3 is 2.69 bits per heavy atom. The molecular weight excluding hydrogens is 388 g/mol. The number of fused-ring (bicyclic) bond motifs is 1. The maximum absolute atomic E-state index is 12.8. The van der Waals surface area contributed by atoms with Crippen molar-refractivity contribution >= 4 is 22.2 Å². The van der Waals surface area contributed by atoms with Crippen molar-refractivity contribution in [3.8, 4) is 0 Å². The quantitative estimate of drug-likeness (QED) is 0.695. The Bertz CT molecular complexity index is 1070. The Kier molecular flexibility index (Phi) is 5.75. The maximum Gasteiger partial charge on any atom is 0.271 e. The van der Waals surface area contributed by atoms with E-state index in [1.54, 1.807) is 6.20 Å². The van der Waals surface area contributed by atoms with Gasteiger partial charge in [0.1, 0.15) is 5.56 Å². The summed E-state index contributed by atoms with van der Waals surface area (Å²) in [5, 5.41) is 2.95. The number of nitrogens with zero attached hydrogens (tertiary/aromatic N) is 3. The predicted octanol–water partition coefficient (Wildman–Crippen LogP) is 2.18. The third-order valence-electron chi connectivity index (χ3n) is 5.17. The van der Waals surface area contributed by atoms with Crippen molar-refractivity contribution < 1.29 is 9.53 Å². The zero-order chi connectivity index (χ0) is 20.4. The number of thiazole rings is 1. The van der Waals surface area contributed by atoms with Crippen LogP contribution in [0.1, 0.15) is 32.4 Å². The SMILES string of the molecule is Cc1ccc(C(CNC(=O)c2cnc3sc(C)cn3c2=O)N2CCOCC2)cc1. The van der Waals surface area contributed by atoms with Crippen LogP contribution in [-0.4, -0.2) is 53.0 Å². The van der Waals surface area contributed by atoms with E-state index in [4.69, 9.17) is 4.74 Å². The van der Waals surface area contributed by atoms with Crippen molar-refractivity contribution in [1.29, 1.82) is 0 Å². The van der Waals surface area contributed by atoms with E-state index in [1.165, 1.54) is 27.5 Å². The molecule has 1 aliphatic heterocycles. The van der Waals surface area contributed by atoms with Crippen LogP contribution in [0.15, 0.2) is 41.5 Å². The van der Waals surface area contributed by atoms with Crippen molar-refractivity contribution in [3.05, 3.63) is 68.6 Å². The number of aryl methyl sites for hydroxylation is 2. The summed E-state index contributed by atoms with van der Waals surface area (Å²) in [4.78, 5) is 33.6. The number of benzene rings is 1. The predicted molar refractivity (Wildman–Crippen MR) is 113 cm³/mol. The number of hydrogen-bond acceptors (Lipinski definition) is 6.